The van der Waals surface area contributed by atoms with E-state index in [0.717, 1.165) is 22.8 Å². The summed E-state index contributed by atoms with van der Waals surface area (Å²) in [6, 6.07) is 9.35. The molecule has 4 heteroatoms. The van der Waals surface area contributed by atoms with Crippen molar-refractivity contribution in [3.8, 4) is 0 Å². The first-order chi connectivity index (χ1) is 9.65. The third-order valence-corrected chi connectivity index (χ3v) is 3.78. The van der Waals surface area contributed by atoms with Gasteiger partial charge in [-0.2, -0.15) is 0 Å². The minimum atomic E-state index is -0.239. The van der Waals surface area contributed by atoms with Crippen LogP contribution in [0.5, 0.6) is 0 Å². The van der Waals surface area contributed by atoms with Crippen LogP contribution < -0.4 is 0 Å². The zero-order valence-corrected chi connectivity index (χ0v) is 11.5. The number of ether oxygens (including phenoxy) is 1. The predicted molar refractivity (Wildman–Crippen MR) is 76.0 cm³/mol. The molecule has 1 aliphatic heterocycles. The minimum absolute atomic E-state index is 0.239. The van der Waals surface area contributed by atoms with Crippen molar-refractivity contribution in [2.45, 2.75) is 6.42 Å². The summed E-state index contributed by atoms with van der Waals surface area (Å²) < 4.78 is 5.11. The predicted octanol–water partition coefficient (Wildman–Crippen LogP) is 2.25. The molecule has 20 heavy (non-hydrogen) atoms. The van der Waals surface area contributed by atoms with Crippen molar-refractivity contribution < 1.29 is 14.3 Å². The summed E-state index contributed by atoms with van der Waals surface area (Å²) >= 11 is 0. The molecule has 0 N–H and O–H groups in total. The molecular formula is C16H15NO3. The fourth-order valence-electron chi connectivity index (χ4n) is 2.71. The van der Waals surface area contributed by atoms with Crippen molar-refractivity contribution >= 4 is 22.6 Å². The Kier molecular flexibility index (Phi) is 3.03. The second-order valence-corrected chi connectivity index (χ2v) is 4.91. The molecule has 0 saturated carbocycles. The number of hydrogen-bond donors (Lipinski definition) is 0. The Morgan fingerprint density at radius 1 is 1.05 bits per heavy atom. The van der Waals surface area contributed by atoms with E-state index in [4.69, 9.17) is 4.74 Å². The number of amides is 2. The Morgan fingerprint density at radius 2 is 1.75 bits per heavy atom. The zero-order valence-electron chi connectivity index (χ0n) is 11.5. The van der Waals surface area contributed by atoms with Crippen LogP contribution in [0, 0.1) is 0 Å². The van der Waals surface area contributed by atoms with Gasteiger partial charge in [0.2, 0.25) is 0 Å². The average molecular weight is 269 g/mol. The van der Waals surface area contributed by atoms with E-state index in [2.05, 4.69) is 0 Å². The molecule has 0 bridgehead atoms. The van der Waals surface area contributed by atoms with Gasteiger partial charge in [0.15, 0.2) is 0 Å². The lowest BCUT2D eigenvalue weighted by Gasteiger charge is -2.24. The van der Waals surface area contributed by atoms with Gasteiger partial charge >= 0.3 is 0 Å². The first kappa shape index (κ1) is 12.8. The van der Waals surface area contributed by atoms with Crippen LogP contribution in [0.3, 0.4) is 0 Å². The van der Waals surface area contributed by atoms with E-state index in [9.17, 15) is 9.59 Å². The monoisotopic (exact) mass is 269 g/mol. The van der Waals surface area contributed by atoms with Crippen molar-refractivity contribution in [1.29, 1.82) is 0 Å². The summed E-state index contributed by atoms with van der Waals surface area (Å²) in [6.45, 7) is 0.612. The molecule has 0 radical (unpaired) electrons. The highest BCUT2D eigenvalue weighted by Crippen LogP contribution is 2.31. The second-order valence-electron chi connectivity index (χ2n) is 4.91. The highest BCUT2D eigenvalue weighted by atomic mass is 16.5. The smallest absolute Gasteiger partial charge is 0.261 e. The third kappa shape index (κ3) is 1.72. The number of hydrogen-bond acceptors (Lipinski definition) is 3. The molecule has 4 nitrogen and oxygen atoms in total. The third-order valence-electron chi connectivity index (χ3n) is 3.78. The number of imide groups is 1. The largest absolute Gasteiger partial charge is 0.384 e. The van der Waals surface area contributed by atoms with E-state index >= 15 is 0 Å². The van der Waals surface area contributed by atoms with E-state index in [-0.39, 0.29) is 11.8 Å². The van der Waals surface area contributed by atoms with Gasteiger partial charge in [-0.25, -0.2) is 0 Å². The maximum Gasteiger partial charge on any atom is 0.261 e. The Bertz CT molecular complexity index is 699. The highest BCUT2D eigenvalue weighted by molar-refractivity contribution is 6.25. The molecule has 0 fully saturated rings. The number of nitrogens with zero attached hydrogens (tertiary/aromatic N) is 1. The fourth-order valence-corrected chi connectivity index (χ4v) is 2.71. The molecule has 1 heterocycles. The normalized spacial score (nSPS) is 14.2. The molecule has 0 atom stereocenters. The highest BCUT2D eigenvalue weighted by Gasteiger charge is 2.30. The topological polar surface area (TPSA) is 46.6 Å². The minimum Gasteiger partial charge on any atom is -0.384 e. The van der Waals surface area contributed by atoms with Crippen molar-refractivity contribution in [2.24, 2.45) is 0 Å². The van der Waals surface area contributed by atoms with E-state index in [1.54, 1.807) is 13.2 Å². The molecular weight excluding hydrogens is 254 g/mol. The lowest BCUT2D eigenvalue weighted by atomic mass is 9.91. The zero-order chi connectivity index (χ0) is 14.3. The number of carbonyl (C=O) groups excluding carboxylic acids is 2. The van der Waals surface area contributed by atoms with E-state index in [1.165, 1.54) is 11.9 Å². The molecule has 3 rings (SSSR count). The van der Waals surface area contributed by atoms with Gasteiger partial charge in [-0.05, 0) is 29.5 Å². The van der Waals surface area contributed by atoms with Crippen molar-refractivity contribution in [1.82, 2.24) is 4.90 Å². The van der Waals surface area contributed by atoms with Crippen LogP contribution >= 0.6 is 0 Å². The van der Waals surface area contributed by atoms with Gasteiger partial charge in [0.1, 0.15) is 0 Å². The van der Waals surface area contributed by atoms with Crippen LogP contribution in [0.25, 0.3) is 10.8 Å². The van der Waals surface area contributed by atoms with E-state index in [1.807, 2.05) is 24.3 Å². The first-order valence-electron chi connectivity index (χ1n) is 6.51. The van der Waals surface area contributed by atoms with Gasteiger partial charge in [-0.1, -0.05) is 18.2 Å². The number of carbonyl (C=O) groups is 2. The molecule has 0 spiro atoms. The molecule has 2 aromatic carbocycles. The Balaban J connectivity index is 2.29. The average Bonchev–Trinajstić information content (AvgIpc) is 2.48. The number of benzene rings is 2. The maximum absolute atomic E-state index is 12.2. The van der Waals surface area contributed by atoms with Gasteiger partial charge in [0, 0.05) is 30.7 Å². The Labute approximate surface area is 116 Å². The van der Waals surface area contributed by atoms with E-state index < -0.39 is 0 Å². The molecule has 102 valence electrons. The van der Waals surface area contributed by atoms with Crippen LogP contribution in [0.2, 0.25) is 0 Å². The van der Waals surface area contributed by atoms with Crippen LogP contribution in [-0.2, 0) is 11.2 Å². The molecule has 0 unspecified atom stereocenters. The van der Waals surface area contributed by atoms with Crippen molar-refractivity contribution in [3.05, 3.63) is 47.0 Å². The van der Waals surface area contributed by atoms with Crippen LogP contribution in [-0.4, -0.2) is 37.5 Å². The molecule has 0 saturated heterocycles. The lowest BCUT2D eigenvalue weighted by molar-refractivity contribution is 0.0650. The quantitative estimate of drug-likeness (QED) is 0.803. The van der Waals surface area contributed by atoms with Crippen LogP contribution in [0.15, 0.2) is 30.3 Å². The molecule has 0 aromatic heterocycles. The van der Waals surface area contributed by atoms with Gasteiger partial charge in [0.05, 0.1) is 6.61 Å². The Hall–Kier alpha value is -2.20. The standard InChI is InChI=1S/C16H15NO3/c1-17-15(18)12-5-3-4-11-10(8-9-20-2)6-7-13(14(11)12)16(17)19/h3-7H,8-9H2,1-2H3. The van der Waals surface area contributed by atoms with Crippen molar-refractivity contribution in [3.63, 3.8) is 0 Å². The number of methoxy groups -OCH3 is 1. The summed E-state index contributed by atoms with van der Waals surface area (Å²) in [5.41, 5.74) is 2.29. The van der Waals surface area contributed by atoms with Crippen LogP contribution in [0.4, 0.5) is 0 Å². The first-order valence-corrected chi connectivity index (χ1v) is 6.51. The summed E-state index contributed by atoms with van der Waals surface area (Å²) in [6.07, 6.45) is 0.759. The fraction of sp³-hybridized carbons (Fsp3) is 0.250. The van der Waals surface area contributed by atoms with Gasteiger partial charge < -0.3 is 4.74 Å². The molecule has 2 amide bonds. The second kappa shape index (κ2) is 4.72. The SMILES string of the molecule is COCCc1ccc2c3c(cccc13)C(=O)N(C)C2=O. The summed E-state index contributed by atoms with van der Waals surface area (Å²) in [5.74, 6) is -0.478. The summed E-state index contributed by atoms with van der Waals surface area (Å²) in [4.78, 5) is 25.6. The number of rotatable bonds is 3. The Morgan fingerprint density at radius 3 is 2.45 bits per heavy atom. The summed E-state index contributed by atoms with van der Waals surface area (Å²) in [7, 11) is 3.18. The van der Waals surface area contributed by atoms with E-state index in [0.29, 0.717) is 17.7 Å². The lowest BCUT2D eigenvalue weighted by Crippen LogP contribution is -2.36. The summed E-state index contributed by atoms with van der Waals surface area (Å²) in [5, 5.41) is 1.74. The van der Waals surface area contributed by atoms with Gasteiger partial charge in [-0.3, -0.25) is 14.5 Å². The maximum atomic E-state index is 12.2. The van der Waals surface area contributed by atoms with Crippen molar-refractivity contribution in [2.75, 3.05) is 20.8 Å². The van der Waals surface area contributed by atoms with Gasteiger partial charge in [-0.15, -0.1) is 0 Å². The molecule has 0 aliphatic carbocycles. The van der Waals surface area contributed by atoms with Crippen LogP contribution in [0.1, 0.15) is 26.3 Å². The molecule has 1 aliphatic rings. The van der Waals surface area contributed by atoms with Gasteiger partial charge in [0.25, 0.3) is 11.8 Å². The molecule has 2 aromatic rings.